The van der Waals surface area contributed by atoms with E-state index in [9.17, 15) is 13.7 Å². The number of para-hydroxylation sites is 1. The van der Waals surface area contributed by atoms with Crippen LogP contribution in [0.5, 0.6) is 0 Å². The highest BCUT2D eigenvalue weighted by Gasteiger charge is 2.26. The molecule has 2 aromatic carbocycles. The van der Waals surface area contributed by atoms with Gasteiger partial charge in [0.1, 0.15) is 11.0 Å². The molecule has 25 heavy (non-hydrogen) atoms. The van der Waals surface area contributed by atoms with Gasteiger partial charge in [-0.15, -0.1) is 0 Å². The fourth-order valence-electron chi connectivity index (χ4n) is 3.01. The molecule has 1 unspecified atom stereocenters. The van der Waals surface area contributed by atoms with Crippen molar-refractivity contribution in [2.45, 2.75) is 11.3 Å². The Bertz CT molecular complexity index is 894. The molecule has 7 heteroatoms. The molecule has 0 saturated carbocycles. The smallest absolute Gasteiger partial charge is 0.241 e. The Kier molecular flexibility index (Phi) is 5.42. The van der Waals surface area contributed by atoms with Gasteiger partial charge in [0.05, 0.1) is 5.56 Å². The van der Waals surface area contributed by atoms with E-state index in [-0.39, 0.29) is 16.4 Å². The van der Waals surface area contributed by atoms with Gasteiger partial charge in [-0.25, -0.2) is 13.1 Å². The number of nitriles is 1. The average molecular weight is 420 g/mol. The van der Waals surface area contributed by atoms with Crippen molar-refractivity contribution in [1.82, 2.24) is 4.72 Å². The fourth-order valence-corrected chi connectivity index (χ4v) is 4.89. The SMILES string of the molecule is N#Cc1c(Br)cccc1S(=O)(=O)NCC1CCN(c2ccccc2)C1. The summed E-state index contributed by atoms with van der Waals surface area (Å²) < 4.78 is 28.3. The van der Waals surface area contributed by atoms with E-state index in [1.807, 2.05) is 24.3 Å². The number of halogens is 1. The van der Waals surface area contributed by atoms with Crippen LogP contribution in [0.4, 0.5) is 5.69 Å². The van der Waals surface area contributed by atoms with Crippen LogP contribution >= 0.6 is 15.9 Å². The van der Waals surface area contributed by atoms with Crippen LogP contribution in [0.2, 0.25) is 0 Å². The second-order valence-electron chi connectivity index (χ2n) is 6.01. The maximum atomic E-state index is 12.6. The van der Waals surface area contributed by atoms with E-state index >= 15 is 0 Å². The maximum absolute atomic E-state index is 12.6. The van der Waals surface area contributed by atoms with Crippen molar-refractivity contribution in [2.24, 2.45) is 5.92 Å². The lowest BCUT2D eigenvalue weighted by Crippen LogP contribution is -2.31. The molecule has 0 spiro atoms. The quantitative estimate of drug-likeness (QED) is 0.807. The third kappa shape index (κ3) is 4.03. The minimum Gasteiger partial charge on any atom is -0.371 e. The van der Waals surface area contributed by atoms with Crippen molar-refractivity contribution in [3.05, 3.63) is 58.6 Å². The summed E-state index contributed by atoms with van der Waals surface area (Å²) in [5.41, 5.74) is 1.29. The molecular formula is C18H18BrN3O2S. The predicted molar refractivity (Wildman–Crippen MR) is 101 cm³/mol. The molecule has 1 aliphatic rings. The van der Waals surface area contributed by atoms with Crippen molar-refractivity contribution < 1.29 is 8.42 Å². The monoisotopic (exact) mass is 419 g/mol. The summed E-state index contributed by atoms with van der Waals surface area (Å²) in [6, 6.07) is 16.8. The van der Waals surface area contributed by atoms with Gasteiger partial charge >= 0.3 is 0 Å². The number of hydrogen-bond donors (Lipinski definition) is 1. The molecule has 0 aromatic heterocycles. The molecule has 1 N–H and O–H groups in total. The van der Waals surface area contributed by atoms with E-state index < -0.39 is 10.0 Å². The Morgan fingerprint density at radius 3 is 2.68 bits per heavy atom. The molecule has 130 valence electrons. The summed E-state index contributed by atoms with van der Waals surface area (Å²) in [4.78, 5) is 2.28. The number of rotatable bonds is 5. The molecule has 0 amide bonds. The van der Waals surface area contributed by atoms with Crippen LogP contribution in [0.15, 0.2) is 57.9 Å². The zero-order valence-electron chi connectivity index (χ0n) is 13.5. The number of sulfonamides is 1. The van der Waals surface area contributed by atoms with Gasteiger partial charge in [-0.05, 0) is 52.5 Å². The molecule has 2 aromatic rings. The van der Waals surface area contributed by atoms with Crippen LogP contribution in [-0.2, 0) is 10.0 Å². The third-order valence-corrected chi connectivity index (χ3v) is 6.47. The molecule has 1 fully saturated rings. The van der Waals surface area contributed by atoms with Gasteiger partial charge in [0.25, 0.3) is 0 Å². The number of anilines is 1. The van der Waals surface area contributed by atoms with Crippen LogP contribution in [-0.4, -0.2) is 28.1 Å². The van der Waals surface area contributed by atoms with E-state index in [0.717, 1.165) is 25.2 Å². The highest BCUT2D eigenvalue weighted by Crippen LogP contribution is 2.25. The molecule has 1 aliphatic heterocycles. The van der Waals surface area contributed by atoms with E-state index in [4.69, 9.17) is 0 Å². The molecule has 0 aliphatic carbocycles. The van der Waals surface area contributed by atoms with Crippen LogP contribution in [0.1, 0.15) is 12.0 Å². The van der Waals surface area contributed by atoms with Crippen molar-refractivity contribution in [3.8, 4) is 6.07 Å². The molecule has 1 saturated heterocycles. The van der Waals surface area contributed by atoms with Crippen molar-refractivity contribution in [3.63, 3.8) is 0 Å². The van der Waals surface area contributed by atoms with Gasteiger partial charge < -0.3 is 4.90 Å². The molecule has 3 rings (SSSR count). The zero-order chi connectivity index (χ0) is 17.9. The Labute approximate surface area is 156 Å². The standard InChI is InChI=1S/C18H18BrN3O2S/c19-17-7-4-8-18(16(17)11-20)25(23,24)21-12-14-9-10-22(13-14)15-5-2-1-3-6-15/h1-8,14,21H,9-10,12-13H2. The summed E-state index contributed by atoms with van der Waals surface area (Å²) in [5, 5.41) is 9.22. The molecule has 1 atom stereocenters. The topological polar surface area (TPSA) is 73.2 Å². The lowest BCUT2D eigenvalue weighted by atomic mass is 10.1. The van der Waals surface area contributed by atoms with Crippen molar-refractivity contribution in [1.29, 1.82) is 5.26 Å². The molecular weight excluding hydrogens is 402 g/mol. The lowest BCUT2D eigenvalue weighted by molar-refractivity contribution is 0.541. The summed E-state index contributed by atoms with van der Waals surface area (Å²) in [6.45, 7) is 2.09. The predicted octanol–water partition coefficient (Wildman–Crippen LogP) is 3.13. The van der Waals surface area contributed by atoms with E-state index in [0.29, 0.717) is 11.0 Å². The van der Waals surface area contributed by atoms with Crippen LogP contribution in [0, 0.1) is 17.2 Å². The Balaban J connectivity index is 1.66. The van der Waals surface area contributed by atoms with Crippen LogP contribution in [0.25, 0.3) is 0 Å². The second kappa shape index (κ2) is 7.56. The summed E-state index contributed by atoms with van der Waals surface area (Å²) in [5.74, 6) is 0.243. The molecule has 1 heterocycles. The summed E-state index contributed by atoms with van der Waals surface area (Å²) in [6.07, 6.45) is 0.932. The van der Waals surface area contributed by atoms with Gasteiger partial charge in [0, 0.05) is 29.8 Å². The zero-order valence-corrected chi connectivity index (χ0v) is 15.9. The first-order valence-electron chi connectivity index (χ1n) is 7.99. The van der Waals surface area contributed by atoms with Crippen molar-refractivity contribution in [2.75, 3.05) is 24.5 Å². The van der Waals surface area contributed by atoms with Crippen LogP contribution < -0.4 is 9.62 Å². The van der Waals surface area contributed by atoms with E-state index in [1.165, 1.54) is 6.07 Å². The Morgan fingerprint density at radius 2 is 1.96 bits per heavy atom. The minimum absolute atomic E-state index is 0.0160. The van der Waals surface area contributed by atoms with Crippen molar-refractivity contribution >= 4 is 31.6 Å². The highest BCUT2D eigenvalue weighted by molar-refractivity contribution is 9.10. The fraction of sp³-hybridized carbons (Fsp3) is 0.278. The highest BCUT2D eigenvalue weighted by atomic mass is 79.9. The first-order valence-corrected chi connectivity index (χ1v) is 10.3. The van der Waals surface area contributed by atoms with Gasteiger partial charge in [0.2, 0.25) is 10.0 Å². The van der Waals surface area contributed by atoms with Gasteiger partial charge in [-0.3, -0.25) is 0 Å². The lowest BCUT2D eigenvalue weighted by Gasteiger charge is -2.18. The molecule has 0 bridgehead atoms. The summed E-state index contributed by atoms with van der Waals surface area (Å²) >= 11 is 3.23. The normalized spacial score (nSPS) is 17.4. The second-order valence-corrected chi connectivity index (χ2v) is 8.60. The number of nitrogens with zero attached hydrogens (tertiary/aromatic N) is 2. The van der Waals surface area contributed by atoms with Gasteiger partial charge in [-0.2, -0.15) is 5.26 Å². The van der Waals surface area contributed by atoms with E-state index in [2.05, 4.69) is 37.7 Å². The minimum atomic E-state index is -3.72. The van der Waals surface area contributed by atoms with E-state index in [1.54, 1.807) is 12.1 Å². The van der Waals surface area contributed by atoms with Gasteiger partial charge in [-0.1, -0.05) is 24.3 Å². The third-order valence-electron chi connectivity index (χ3n) is 4.35. The Hall–Kier alpha value is -1.88. The number of nitrogens with one attached hydrogen (secondary N) is 1. The largest absolute Gasteiger partial charge is 0.371 e. The van der Waals surface area contributed by atoms with Crippen LogP contribution in [0.3, 0.4) is 0 Å². The number of hydrogen-bond acceptors (Lipinski definition) is 4. The average Bonchev–Trinajstić information content (AvgIpc) is 3.10. The molecule has 0 radical (unpaired) electrons. The first-order chi connectivity index (χ1) is 12.0. The Morgan fingerprint density at radius 1 is 1.20 bits per heavy atom. The first kappa shape index (κ1) is 17.9. The maximum Gasteiger partial charge on any atom is 0.241 e. The summed E-state index contributed by atoms with van der Waals surface area (Å²) in [7, 11) is -3.72. The molecule has 5 nitrogen and oxygen atoms in total. The van der Waals surface area contributed by atoms with Gasteiger partial charge in [0.15, 0.2) is 0 Å². The number of benzene rings is 2.